The summed E-state index contributed by atoms with van der Waals surface area (Å²) in [5, 5.41) is 12.9. The van der Waals surface area contributed by atoms with E-state index in [1.165, 1.54) is 12.1 Å². The van der Waals surface area contributed by atoms with Crippen LogP contribution in [0.25, 0.3) is 22.8 Å². The molecule has 0 aliphatic rings. The van der Waals surface area contributed by atoms with Crippen LogP contribution in [0.4, 0.5) is 0 Å². The third-order valence-corrected chi connectivity index (χ3v) is 3.18. The fourth-order valence-electron chi connectivity index (χ4n) is 1.78. The number of hydrogen-bond acceptors (Lipinski definition) is 5. The van der Waals surface area contributed by atoms with E-state index in [0.717, 1.165) is 4.47 Å². The van der Waals surface area contributed by atoms with Crippen LogP contribution < -0.4 is 0 Å². The van der Waals surface area contributed by atoms with Crippen molar-refractivity contribution in [1.82, 2.24) is 15.1 Å². The summed E-state index contributed by atoms with van der Waals surface area (Å²) in [7, 11) is 0. The first-order chi connectivity index (χ1) is 10.1. The van der Waals surface area contributed by atoms with Crippen LogP contribution in [0.3, 0.4) is 0 Å². The summed E-state index contributed by atoms with van der Waals surface area (Å²) in [6.45, 7) is 0. The molecule has 1 N–H and O–H groups in total. The number of hydrogen-bond donors (Lipinski definition) is 1. The number of nitrogens with zero attached hydrogens (tertiary/aromatic N) is 3. The Hall–Kier alpha value is -2.54. The van der Waals surface area contributed by atoms with Gasteiger partial charge in [-0.15, -0.1) is 0 Å². The molecule has 6 nitrogen and oxygen atoms in total. The summed E-state index contributed by atoms with van der Waals surface area (Å²) in [4.78, 5) is 19.3. The van der Waals surface area contributed by atoms with Crippen LogP contribution in [0.5, 0.6) is 0 Å². The molecule has 7 heteroatoms. The van der Waals surface area contributed by atoms with E-state index in [4.69, 9.17) is 9.63 Å². The van der Waals surface area contributed by atoms with E-state index in [1.807, 2.05) is 0 Å². The number of rotatable bonds is 3. The normalized spacial score (nSPS) is 10.5. The van der Waals surface area contributed by atoms with Gasteiger partial charge < -0.3 is 9.63 Å². The zero-order valence-electron chi connectivity index (χ0n) is 10.5. The molecule has 0 aliphatic carbocycles. The van der Waals surface area contributed by atoms with Gasteiger partial charge in [0, 0.05) is 22.4 Å². The summed E-state index contributed by atoms with van der Waals surface area (Å²) in [5.41, 5.74) is 1.42. The minimum absolute atomic E-state index is 0.169. The Morgan fingerprint density at radius 2 is 2.05 bits per heavy atom. The molecule has 0 spiro atoms. The molecule has 0 bridgehead atoms. The van der Waals surface area contributed by atoms with Crippen LogP contribution in [-0.4, -0.2) is 26.2 Å². The van der Waals surface area contributed by atoms with E-state index in [0.29, 0.717) is 22.8 Å². The molecule has 0 saturated heterocycles. The largest absolute Gasteiger partial charge is 0.478 e. The summed E-state index contributed by atoms with van der Waals surface area (Å²) in [6, 6.07) is 8.16. The predicted octanol–water partition coefficient (Wildman–Crippen LogP) is 3.26. The highest BCUT2D eigenvalue weighted by Gasteiger charge is 2.12. The number of carboxylic acid groups (broad SMARTS) is 1. The van der Waals surface area contributed by atoms with Crippen molar-refractivity contribution < 1.29 is 14.4 Å². The molecule has 3 aromatic rings. The first kappa shape index (κ1) is 13.4. The second-order valence-electron chi connectivity index (χ2n) is 4.20. The first-order valence-electron chi connectivity index (χ1n) is 5.92. The highest BCUT2D eigenvalue weighted by molar-refractivity contribution is 9.10. The van der Waals surface area contributed by atoms with Crippen LogP contribution in [-0.2, 0) is 0 Å². The summed E-state index contributed by atoms with van der Waals surface area (Å²) >= 11 is 3.32. The quantitative estimate of drug-likeness (QED) is 0.783. The van der Waals surface area contributed by atoms with Gasteiger partial charge in [0.15, 0.2) is 0 Å². The molecule has 3 rings (SSSR count). The number of carbonyl (C=O) groups is 1. The molecule has 0 aliphatic heterocycles. The van der Waals surface area contributed by atoms with Crippen LogP contribution in [0.15, 0.2) is 51.7 Å². The van der Waals surface area contributed by atoms with Crippen molar-refractivity contribution in [3.05, 3.63) is 52.8 Å². The van der Waals surface area contributed by atoms with Gasteiger partial charge in [0.25, 0.3) is 5.89 Å². The minimum atomic E-state index is -1.00. The highest BCUT2D eigenvalue weighted by atomic mass is 79.9. The second-order valence-corrected chi connectivity index (χ2v) is 5.12. The maximum Gasteiger partial charge on any atom is 0.335 e. The third-order valence-electron chi connectivity index (χ3n) is 2.75. The zero-order chi connectivity index (χ0) is 14.8. The van der Waals surface area contributed by atoms with Crippen molar-refractivity contribution in [3.63, 3.8) is 0 Å². The van der Waals surface area contributed by atoms with Crippen molar-refractivity contribution >= 4 is 21.9 Å². The molecule has 2 aromatic heterocycles. The van der Waals surface area contributed by atoms with E-state index >= 15 is 0 Å². The molecular formula is C14H8BrN3O3. The van der Waals surface area contributed by atoms with Gasteiger partial charge in [0.05, 0.1) is 11.1 Å². The Labute approximate surface area is 127 Å². The van der Waals surface area contributed by atoms with Gasteiger partial charge in [-0.05, 0) is 34.1 Å². The molecule has 1 aromatic carbocycles. The number of aromatic nitrogens is 3. The van der Waals surface area contributed by atoms with Crippen LogP contribution in [0, 0.1) is 0 Å². The van der Waals surface area contributed by atoms with E-state index in [2.05, 4.69) is 31.1 Å². The van der Waals surface area contributed by atoms with Crippen LogP contribution >= 0.6 is 15.9 Å². The number of carboxylic acids is 1. The monoisotopic (exact) mass is 345 g/mol. The van der Waals surface area contributed by atoms with Gasteiger partial charge in [-0.3, -0.25) is 4.98 Å². The average molecular weight is 346 g/mol. The van der Waals surface area contributed by atoms with Gasteiger partial charge >= 0.3 is 5.97 Å². The molecule has 104 valence electrons. The zero-order valence-corrected chi connectivity index (χ0v) is 12.1. The van der Waals surface area contributed by atoms with E-state index in [-0.39, 0.29) is 5.56 Å². The molecule has 0 unspecified atom stereocenters. The van der Waals surface area contributed by atoms with Crippen molar-refractivity contribution in [1.29, 1.82) is 0 Å². The van der Waals surface area contributed by atoms with Crippen LogP contribution in [0.1, 0.15) is 10.4 Å². The van der Waals surface area contributed by atoms with Crippen molar-refractivity contribution in [2.24, 2.45) is 0 Å². The lowest BCUT2D eigenvalue weighted by molar-refractivity contribution is 0.0697. The van der Waals surface area contributed by atoms with E-state index in [1.54, 1.807) is 30.6 Å². The number of benzene rings is 1. The van der Waals surface area contributed by atoms with Crippen LogP contribution in [0.2, 0.25) is 0 Å². The van der Waals surface area contributed by atoms with Crippen molar-refractivity contribution in [2.45, 2.75) is 0 Å². The maximum absolute atomic E-state index is 11.0. The number of aromatic carboxylic acids is 1. The maximum atomic E-state index is 11.0. The minimum Gasteiger partial charge on any atom is -0.478 e. The molecular weight excluding hydrogens is 338 g/mol. The summed E-state index contributed by atoms with van der Waals surface area (Å²) < 4.78 is 5.99. The molecule has 0 radical (unpaired) electrons. The average Bonchev–Trinajstić information content (AvgIpc) is 2.97. The SMILES string of the molecule is O=C(O)c1cccc(-c2noc(-c3cncc(Br)c3)n2)c1. The summed E-state index contributed by atoms with van der Waals surface area (Å²) in [6.07, 6.45) is 3.26. The Bertz CT molecular complexity index is 816. The second kappa shape index (κ2) is 5.45. The third kappa shape index (κ3) is 2.82. The smallest absolute Gasteiger partial charge is 0.335 e. The van der Waals surface area contributed by atoms with Crippen molar-refractivity contribution in [3.8, 4) is 22.8 Å². The fraction of sp³-hybridized carbons (Fsp3) is 0. The highest BCUT2D eigenvalue weighted by Crippen LogP contribution is 2.24. The fourth-order valence-corrected chi connectivity index (χ4v) is 2.14. The van der Waals surface area contributed by atoms with Gasteiger partial charge in [-0.25, -0.2) is 4.79 Å². The number of halogens is 1. The van der Waals surface area contributed by atoms with Gasteiger partial charge in [-0.2, -0.15) is 4.98 Å². The topological polar surface area (TPSA) is 89.1 Å². The Morgan fingerprint density at radius 1 is 1.19 bits per heavy atom. The molecule has 2 heterocycles. The first-order valence-corrected chi connectivity index (χ1v) is 6.71. The van der Waals surface area contributed by atoms with Gasteiger partial charge in [0.2, 0.25) is 5.82 Å². The lowest BCUT2D eigenvalue weighted by Crippen LogP contribution is -1.96. The van der Waals surface area contributed by atoms with Crippen molar-refractivity contribution in [2.75, 3.05) is 0 Å². The predicted molar refractivity (Wildman–Crippen MR) is 77.6 cm³/mol. The van der Waals surface area contributed by atoms with E-state index in [9.17, 15) is 4.79 Å². The molecule has 0 saturated carbocycles. The van der Waals surface area contributed by atoms with E-state index < -0.39 is 5.97 Å². The lowest BCUT2D eigenvalue weighted by Gasteiger charge is -1.97. The Balaban J connectivity index is 1.98. The van der Waals surface area contributed by atoms with Gasteiger partial charge in [0.1, 0.15) is 0 Å². The Morgan fingerprint density at radius 3 is 2.81 bits per heavy atom. The van der Waals surface area contributed by atoms with Gasteiger partial charge in [-0.1, -0.05) is 17.3 Å². The molecule has 0 amide bonds. The molecule has 0 atom stereocenters. The number of pyridine rings is 1. The summed E-state index contributed by atoms with van der Waals surface area (Å²) in [5.74, 6) is -0.357. The molecule has 21 heavy (non-hydrogen) atoms. The lowest BCUT2D eigenvalue weighted by atomic mass is 10.1. The Kier molecular flexibility index (Phi) is 3.49. The standard InChI is InChI=1S/C14H8BrN3O3/c15-11-5-10(6-16-7-11)13-17-12(18-21-13)8-2-1-3-9(4-8)14(19)20/h1-7H,(H,19,20). The molecule has 0 fully saturated rings.